The minimum absolute atomic E-state index is 0.108. The standard InChI is InChI=1S/C27H32N4O4S2/c1-17(2)35-27(32)31-19-8-6-18(7-9-19)26-29-16-23(36-26)22-13-10-20(30-25-5-3-4-14-28-25)15-24(22)37(33,34)21-11-12-21/h3-5,10,13-19,21H,6-9,11-12H2,1-2H3,(H,28,30)(H,31,32)/t18-,19-. The fraction of sp³-hybridized carbons (Fsp3) is 0.444. The highest BCUT2D eigenvalue weighted by Crippen LogP contribution is 2.43. The van der Waals surface area contributed by atoms with Crippen LogP contribution in [0.4, 0.5) is 16.3 Å². The van der Waals surface area contributed by atoms with Crippen molar-refractivity contribution in [2.24, 2.45) is 0 Å². The van der Waals surface area contributed by atoms with Gasteiger partial charge in [0.05, 0.1) is 26.1 Å². The number of anilines is 2. The molecule has 3 aromatic rings. The molecule has 2 aliphatic carbocycles. The van der Waals surface area contributed by atoms with E-state index in [-0.39, 0.29) is 23.5 Å². The SMILES string of the molecule is CC(C)OC(=O)N[C@H]1CC[C@H](c2ncc(-c3ccc(Nc4ccccn4)cc3S(=O)(=O)C3CC3)s2)CC1. The molecule has 0 atom stereocenters. The van der Waals surface area contributed by atoms with Crippen LogP contribution >= 0.6 is 11.3 Å². The number of nitrogens with zero attached hydrogens (tertiary/aromatic N) is 2. The summed E-state index contributed by atoms with van der Waals surface area (Å²) in [4.78, 5) is 22.1. The summed E-state index contributed by atoms with van der Waals surface area (Å²) < 4.78 is 32.0. The van der Waals surface area contributed by atoms with Gasteiger partial charge in [-0.25, -0.2) is 23.2 Å². The number of nitrogens with one attached hydrogen (secondary N) is 2. The topological polar surface area (TPSA) is 110 Å². The van der Waals surface area contributed by atoms with Crippen molar-refractivity contribution < 1.29 is 17.9 Å². The second kappa shape index (κ2) is 10.8. The summed E-state index contributed by atoms with van der Waals surface area (Å²) in [6.07, 6.45) is 7.96. The van der Waals surface area contributed by atoms with Crippen LogP contribution in [0.3, 0.4) is 0 Å². The van der Waals surface area contributed by atoms with E-state index in [0.29, 0.717) is 40.7 Å². The van der Waals surface area contributed by atoms with E-state index in [1.807, 2.05) is 44.2 Å². The molecule has 1 aromatic carbocycles. The number of pyridine rings is 1. The zero-order valence-corrected chi connectivity index (χ0v) is 22.6. The Bertz CT molecular complexity index is 1350. The van der Waals surface area contributed by atoms with E-state index >= 15 is 0 Å². The number of benzene rings is 1. The third-order valence-corrected chi connectivity index (χ3v) is 10.2. The van der Waals surface area contributed by atoms with Crippen LogP contribution in [0.1, 0.15) is 63.3 Å². The summed E-state index contributed by atoms with van der Waals surface area (Å²) in [5.41, 5.74) is 1.39. The highest BCUT2D eigenvalue weighted by Gasteiger charge is 2.39. The first-order valence-electron chi connectivity index (χ1n) is 12.8. The van der Waals surface area contributed by atoms with Crippen LogP contribution in [-0.2, 0) is 14.6 Å². The van der Waals surface area contributed by atoms with Gasteiger partial charge in [-0.2, -0.15) is 0 Å². The quantitative estimate of drug-likeness (QED) is 0.358. The van der Waals surface area contributed by atoms with E-state index in [1.54, 1.807) is 29.8 Å². The molecule has 0 saturated heterocycles. The van der Waals surface area contributed by atoms with Crippen molar-refractivity contribution in [3.8, 4) is 10.4 Å². The summed E-state index contributed by atoms with van der Waals surface area (Å²) in [5, 5.41) is 6.88. The smallest absolute Gasteiger partial charge is 0.407 e. The number of sulfone groups is 1. The number of amides is 1. The minimum atomic E-state index is -3.44. The summed E-state index contributed by atoms with van der Waals surface area (Å²) in [7, 11) is -3.44. The van der Waals surface area contributed by atoms with Gasteiger partial charge in [0, 0.05) is 35.6 Å². The second-order valence-corrected chi connectivity index (χ2v) is 13.3. The number of aromatic nitrogens is 2. The molecule has 2 heterocycles. The lowest BCUT2D eigenvalue weighted by atomic mass is 9.86. The molecule has 2 aliphatic rings. The monoisotopic (exact) mass is 540 g/mol. The zero-order chi connectivity index (χ0) is 26.0. The Hall–Kier alpha value is -2.98. The van der Waals surface area contributed by atoms with Crippen LogP contribution in [0.25, 0.3) is 10.4 Å². The molecule has 0 aliphatic heterocycles. The maximum atomic E-state index is 13.4. The van der Waals surface area contributed by atoms with Gasteiger partial charge in [-0.1, -0.05) is 12.1 Å². The number of hydrogen-bond donors (Lipinski definition) is 2. The molecule has 2 fully saturated rings. The predicted molar refractivity (Wildman–Crippen MR) is 145 cm³/mol. The van der Waals surface area contributed by atoms with Crippen molar-refractivity contribution in [2.75, 3.05) is 5.32 Å². The highest BCUT2D eigenvalue weighted by molar-refractivity contribution is 7.92. The van der Waals surface area contributed by atoms with Gasteiger partial charge in [0.1, 0.15) is 5.82 Å². The van der Waals surface area contributed by atoms with E-state index in [4.69, 9.17) is 9.72 Å². The Morgan fingerprint density at radius 1 is 1.05 bits per heavy atom. The normalized spacial score (nSPS) is 20.0. The van der Waals surface area contributed by atoms with Gasteiger partial charge in [0.15, 0.2) is 9.84 Å². The minimum Gasteiger partial charge on any atom is -0.447 e. The van der Waals surface area contributed by atoms with Gasteiger partial charge in [-0.15, -0.1) is 11.3 Å². The van der Waals surface area contributed by atoms with E-state index in [2.05, 4.69) is 15.6 Å². The van der Waals surface area contributed by atoms with Crippen LogP contribution in [-0.4, -0.2) is 41.9 Å². The number of carbonyl (C=O) groups excluding carboxylic acids is 1. The van der Waals surface area contributed by atoms with E-state index in [9.17, 15) is 13.2 Å². The third-order valence-electron chi connectivity index (χ3n) is 6.72. The molecule has 1 amide bonds. The lowest BCUT2D eigenvalue weighted by molar-refractivity contribution is 0.109. The number of rotatable bonds is 8. The average molecular weight is 541 g/mol. The fourth-order valence-corrected chi connectivity index (χ4v) is 7.76. The number of thiazole rings is 1. The maximum Gasteiger partial charge on any atom is 0.407 e. The lowest BCUT2D eigenvalue weighted by Gasteiger charge is -2.28. The van der Waals surface area contributed by atoms with E-state index in [1.165, 1.54) is 0 Å². The molecule has 0 unspecified atom stereocenters. The van der Waals surface area contributed by atoms with Crippen molar-refractivity contribution in [2.45, 2.75) is 80.6 Å². The third kappa shape index (κ3) is 6.13. The molecule has 0 spiro atoms. The Balaban J connectivity index is 1.33. The van der Waals surface area contributed by atoms with E-state index in [0.717, 1.165) is 35.6 Å². The Labute approximate surface area is 221 Å². The largest absolute Gasteiger partial charge is 0.447 e. The summed E-state index contributed by atoms with van der Waals surface area (Å²) in [6, 6.07) is 11.2. The fourth-order valence-electron chi connectivity index (χ4n) is 4.68. The van der Waals surface area contributed by atoms with Crippen molar-refractivity contribution in [1.29, 1.82) is 0 Å². The summed E-state index contributed by atoms with van der Waals surface area (Å²) in [6.45, 7) is 3.67. The van der Waals surface area contributed by atoms with E-state index < -0.39 is 9.84 Å². The Kier molecular flexibility index (Phi) is 7.48. The van der Waals surface area contributed by atoms with Gasteiger partial charge in [0.25, 0.3) is 0 Å². The van der Waals surface area contributed by atoms with Gasteiger partial charge in [-0.05, 0) is 76.6 Å². The molecule has 8 nitrogen and oxygen atoms in total. The molecular weight excluding hydrogens is 508 g/mol. The van der Waals surface area contributed by atoms with Crippen LogP contribution in [0, 0.1) is 0 Å². The molecule has 10 heteroatoms. The first-order valence-corrected chi connectivity index (χ1v) is 15.1. The Morgan fingerprint density at radius 3 is 2.51 bits per heavy atom. The first-order chi connectivity index (χ1) is 17.8. The lowest BCUT2D eigenvalue weighted by Crippen LogP contribution is -2.38. The Morgan fingerprint density at radius 2 is 1.84 bits per heavy atom. The van der Waals surface area contributed by atoms with Crippen LogP contribution in [0.2, 0.25) is 0 Å². The van der Waals surface area contributed by atoms with Gasteiger partial charge in [-0.3, -0.25) is 0 Å². The van der Waals surface area contributed by atoms with Crippen molar-refractivity contribution in [1.82, 2.24) is 15.3 Å². The molecule has 0 bridgehead atoms. The molecule has 2 saturated carbocycles. The zero-order valence-electron chi connectivity index (χ0n) is 21.0. The molecule has 37 heavy (non-hydrogen) atoms. The molecule has 2 N–H and O–H groups in total. The number of alkyl carbamates (subject to hydrolysis) is 1. The predicted octanol–water partition coefficient (Wildman–Crippen LogP) is 6.05. The van der Waals surface area contributed by atoms with Crippen LogP contribution in [0.5, 0.6) is 0 Å². The van der Waals surface area contributed by atoms with Crippen molar-refractivity contribution in [3.05, 3.63) is 53.8 Å². The number of hydrogen-bond acceptors (Lipinski definition) is 8. The van der Waals surface area contributed by atoms with Gasteiger partial charge >= 0.3 is 6.09 Å². The van der Waals surface area contributed by atoms with Crippen LogP contribution < -0.4 is 10.6 Å². The summed E-state index contributed by atoms with van der Waals surface area (Å²) >= 11 is 1.57. The second-order valence-electron chi connectivity index (χ2n) is 10.0. The van der Waals surface area contributed by atoms with Gasteiger partial charge in [0.2, 0.25) is 0 Å². The molecule has 2 aromatic heterocycles. The molecule has 0 radical (unpaired) electrons. The maximum absolute atomic E-state index is 13.4. The number of ether oxygens (including phenoxy) is 1. The number of carbonyl (C=O) groups is 1. The molecule has 196 valence electrons. The van der Waals surface area contributed by atoms with Crippen molar-refractivity contribution in [3.63, 3.8) is 0 Å². The van der Waals surface area contributed by atoms with Crippen molar-refractivity contribution >= 4 is 38.8 Å². The molecular formula is C27H32N4O4S2. The molecule has 5 rings (SSSR count). The van der Waals surface area contributed by atoms with Crippen LogP contribution in [0.15, 0.2) is 53.7 Å². The average Bonchev–Trinajstić information content (AvgIpc) is 3.63. The van der Waals surface area contributed by atoms with Gasteiger partial charge < -0.3 is 15.4 Å². The first kappa shape index (κ1) is 25.7. The summed E-state index contributed by atoms with van der Waals surface area (Å²) in [5.74, 6) is 0.958. The highest BCUT2D eigenvalue weighted by atomic mass is 32.2.